The number of rotatable bonds is 4. The molecular weight excluding hydrogens is 206 g/mol. The maximum atomic E-state index is 11.6. The van der Waals surface area contributed by atoms with Gasteiger partial charge < -0.3 is 15.5 Å². The van der Waals surface area contributed by atoms with Crippen molar-refractivity contribution in [2.75, 3.05) is 37.8 Å². The number of nitrogen functional groups attached to an aromatic ring is 1. The quantitative estimate of drug-likeness (QED) is 0.776. The Morgan fingerprint density at radius 3 is 2.50 bits per heavy atom. The topological polar surface area (TPSA) is 75.4 Å². The van der Waals surface area contributed by atoms with Crippen LogP contribution in [0, 0.1) is 0 Å². The Hall–Kier alpha value is -1.85. The zero-order chi connectivity index (χ0) is 12.1. The van der Waals surface area contributed by atoms with Gasteiger partial charge >= 0.3 is 0 Å². The summed E-state index contributed by atoms with van der Waals surface area (Å²) in [6.07, 6.45) is 3.06. The number of nitrogens with zero attached hydrogens (tertiary/aromatic N) is 4. The van der Waals surface area contributed by atoms with Gasteiger partial charge in [0.25, 0.3) is 0 Å². The second-order valence-electron chi connectivity index (χ2n) is 3.60. The van der Waals surface area contributed by atoms with Crippen LogP contribution in [0.1, 0.15) is 6.92 Å². The summed E-state index contributed by atoms with van der Waals surface area (Å²) in [6.45, 7) is 2.95. The molecule has 0 aliphatic carbocycles. The highest BCUT2D eigenvalue weighted by atomic mass is 16.2. The van der Waals surface area contributed by atoms with Gasteiger partial charge in [0.15, 0.2) is 0 Å². The maximum absolute atomic E-state index is 11.6. The van der Waals surface area contributed by atoms with Gasteiger partial charge in [-0.25, -0.2) is 9.97 Å². The lowest BCUT2D eigenvalue weighted by Gasteiger charge is -2.22. The van der Waals surface area contributed by atoms with Gasteiger partial charge in [0.2, 0.25) is 5.91 Å². The molecule has 1 aromatic heterocycles. The molecule has 0 unspecified atom stereocenters. The summed E-state index contributed by atoms with van der Waals surface area (Å²) in [5.41, 5.74) is 5.45. The van der Waals surface area contributed by atoms with Crippen molar-refractivity contribution < 1.29 is 4.79 Å². The first-order valence-electron chi connectivity index (χ1n) is 5.07. The molecule has 0 spiro atoms. The largest absolute Gasteiger partial charge is 0.382 e. The van der Waals surface area contributed by atoms with Gasteiger partial charge in [-0.05, 0) is 6.92 Å². The SMILES string of the molecule is CCN(CC(=O)N(C)C)c1cnc(N)cn1. The fourth-order valence-corrected chi connectivity index (χ4v) is 1.15. The average molecular weight is 223 g/mol. The van der Waals surface area contributed by atoms with Crippen LogP contribution in [0.15, 0.2) is 12.4 Å². The Kier molecular flexibility index (Phi) is 4.04. The van der Waals surface area contributed by atoms with E-state index in [9.17, 15) is 4.79 Å². The number of likely N-dealkylation sites (N-methyl/N-ethyl adjacent to an activating group) is 2. The number of hydrogen-bond acceptors (Lipinski definition) is 5. The summed E-state index contributed by atoms with van der Waals surface area (Å²) in [5, 5.41) is 0. The van der Waals surface area contributed by atoms with Crippen molar-refractivity contribution in [3.63, 3.8) is 0 Å². The number of nitrogens with two attached hydrogens (primary N) is 1. The van der Waals surface area contributed by atoms with Gasteiger partial charge in [0, 0.05) is 20.6 Å². The molecule has 0 radical (unpaired) electrons. The zero-order valence-electron chi connectivity index (χ0n) is 9.84. The molecule has 88 valence electrons. The van der Waals surface area contributed by atoms with Crippen LogP contribution in [0.25, 0.3) is 0 Å². The summed E-state index contributed by atoms with van der Waals surface area (Å²) in [6, 6.07) is 0. The molecule has 0 bridgehead atoms. The molecule has 6 heteroatoms. The van der Waals surface area contributed by atoms with E-state index in [1.807, 2.05) is 11.8 Å². The van der Waals surface area contributed by atoms with E-state index in [0.717, 1.165) is 0 Å². The third-order valence-corrected chi connectivity index (χ3v) is 2.19. The molecule has 0 atom stereocenters. The van der Waals surface area contributed by atoms with Crippen molar-refractivity contribution in [3.05, 3.63) is 12.4 Å². The predicted molar refractivity (Wildman–Crippen MR) is 63.0 cm³/mol. The van der Waals surface area contributed by atoms with Crippen molar-refractivity contribution in [1.82, 2.24) is 14.9 Å². The molecule has 1 aromatic rings. The summed E-state index contributed by atoms with van der Waals surface area (Å²) in [7, 11) is 3.45. The highest BCUT2D eigenvalue weighted by Gasteiger charge is 2.12. The highest BCUT2D eigenvalue weighted by molar-refractivity contribution is 5.80. The maximum Gasteiger partial charge on any atom is 0.241 e. The lowest BCUT2D eigenvalue weighted by atomic mass is 10.4. The van der Waals surface area contributed by atoms with Crippen molar-refractivity contribution in [3.8, 4) is 0 Å². The van der Waals surface area contributed by atoms with Crippen LogP contribution in [0.4, 0.5) is 11.6 Å². The molecule has 0 saturated heterocycles. The molecule has 6 nitrogen and oxygen atoms in total. The van der Waals surface area contributed by atoms with E-state index in [-0.39, 0.29) is 5.91 Å². The second kappa shape index (κ2) is 5.29. The van der Waals surface area contributed by atoms with E-state index in [1.165, 1.54) is 6.20 Å². The van der Waals surface area contributed by atoms with Crippen LogP contribution < -0.4 is 10.6 Å². The predicted octanol–water partition coefficient (Wildman–Crippen LogP) is -0.0267. The Morgan fingerprint density at radius 2 is 2.06 bits per heavy atom. The lowest BCUT2D eigenvalue weighted by Crippen LogP contribution is -2.37. The van der Waals surface area contributed by atoms with E-state index in [1.54, 1.807) is 25.2 Å². The molecule has 1 rings (SSSR count). The zero-order valence-corrected chi connectivity index (χ0v) is 9.84. The first kappa shape index (κ1) is 12.2. The summed E-state index contributed by atoms with van der Waals surface area (Å²) in [4.78, 5) is 23.0. The Labute approximate surface area is 95.1 Å². The third kappa shape index (κ3) is 3.08. The standard InChI is InChI=1S/C10H17N5O/c1-4-15(7-10(16)14(2)3)9-6-12-8(11)5-13-9/h5-6H,4,7H2,1-3H3,(H2,11,12). The summed E-state index contributed by atoms with van der Waals surface area (Å²) >= 11 is 0. The van der Waals surface area contributed by atoms with Gasteiger partial charge in [0.1, 0.15) is 11.6 Å². The van der Waals surface area contributed by atoms with E-state index < -0.39 is 0 Å². The van der Waals surface area contributed by atoms with Gasteiger partial charge in [-0.3, -0.25) is 4.79 Å². The normalized spacial score (nSPS) is 9.94. The van der Waals surface area contributed by atoms with Crippen molar-refractivity contribution in [2.24, 2.45) is 0 Å². The van der Waals surface area contributed by atoms with Crippen molar-refractivity contribution in [2.45, 2.75) is 6.92 Å². The molecule has 0 aliphatic rings. The highest BCUT2D eigenvalue weighted by Crippen LogP contribution is 2.09. The molecule has 2 N–H and O–H groups in total. The van der Waals surface area contributed by atoms with Crippen molar-refractivity contribution in [1.29, 1.82) is 0 Å². The first-order valence-corrected chi connectivity index (χ1v) is 5.07. The van der Waals surface area contributed by atoms with E-state index in [2.05, 4.69) is 9.97 Å². The van der Waals surface area contributed by atoms with Gasteiger partial charge in [-0.15, -0.1) is 0 Å². The monoisotopic (exact) mass is 223 g/mol. The molecule has 0 saturated carbocycles. The molecule has 16 heavy (non-hydrogen) atoms. The molecule has 0 aliphatic heterocycles. The molecular formula is C10H17N5O. The van der Waals surface area contributed by atoms with Crippen LogP contribution in [-0.4, -0.2) is 48.0 Å². The van der Waals surface area contributed by atoms with E-state index in [0.29, 0.717) is 24.7 Å². The average Bonchev–Trinajstić information content (AvgIpc) is 2.26. The van der Waals surface area contributed by atoms with Gasteiger partial charge in [-0.1, -0.05) is 0 Å². The van der Waals surface area contributed by atoms with E-state index >= 15 is 0 Å². The Morgan fingerprint density at radius 1 is 1.38 bits per heavy atom. The van der Waals surface area contributed by atoms with Crippen LogP contribution >= 0.6 is 0 Å². The number of amides is 1. The molecule has 0 fully saturated rings. The van der Waals surface area contributed by atoms with Crippen LogP contribution in [-0.2, 0) is 4.79 Å². The van der Waals surface area contributed by atoms with Crippen molar-refractivity contribution >= 4 is 17.5 Å². The molecule has 1 amide bonds. The number of anilines is 2. The summed E-state index contributed by atoms with van der Waals surface area (Å²) < 4.78 is 0. The van der Waals surface area contributed by atoms with Crippen LogP contribution in [0.3, 0.4) is 0 Å². The second-order valence-corrected chi connectivity index (χ2v) is 3.60. The van der Waals surface area contributed by atoms with Crippen LogP contribution in [0.5, 0.6) is 0 Å². The Bertz CT molecular complexity index is 349. The molecule has 1 heterocycles. The minimum Gasteiger partial charge on any atom is -0.382 e. The van der Waals surface area contributed by atoms with Gasteiger partial charge in [0.05, 0.1) is 18.9 Å². The smallest absolute Gasteiger partial charge is 0.241 e. The number of carbonyl (C=O) groups excluding carboxylic acids is 1. The minimum atomic E-state index is 0.0282. The first-order chi connectivity index (χ1) is 7.54. The number of hydrogen-bond donors (Lipinski definition) is 1. The minimum absolute atomic E-state index is 0.0282. The van der Waals surface area contributed by atoms with Gasteiger partial charge in [-0.2, -0.15) is 0 Å². The number of aromatic nitrogens is 2. The fraction of sp³-hybridized carbons (Fsp3) is 0.500. The van der Waals surface area contributed by atoms with E-state index in [4.69, 9.17) is 5.73 Å². The number of carbonyl (C=O) groups is 1. The summed E-state index contributed by atoms with van der Waals surface area (Å²) in [5.74, 6) is 1.06. The van der Waals surface area contributed by atoms with Crippen LogP contribution in [0.2, 0.25) is 0 Å². The fourth-order valence-electron chi connectivity index (χ4n) is 1.15. The lowest BCUT2D eigenvalue weighted by molar-refractivity contribution is -0.127. The molecule has 0 aromatic carbocycles. The Balaban J connectivity index is 2.74. The third-order valence-electron chi connectivity index (χ3n) is 2.19.